The van der Waals surface area contributed by atoms with Crippen molar-refractivity contribution in [2.45, 2.75) is 38.1 Å². The summed E-state index contributed by atoms with van der Waals surface area (Å²) in [7, 11) is -3.70. The van der Waals surface area contributed by atoms with E-state index in [4.69, 9.17) is 16.9 Å². The van der Waals surface area contributed by atoms with Gasteiger partial charge in [0.25, 0.3) is 0 Å². The van der Waals surface area contributed by atoms with Crippen LogP contribution in [0.4, 0.5) is 0 Å². The van der Waals surface area contributed by atoms with E-state index in [1.165, 1.54) is 18.2 Å². The van der Waals surface area contributed by atoms with Crippen LogP contribution in [0.2, 0.25) is 5.02 Å². The van der Waals surface area contributed by atoms with Crippen molar-refractivity contribution >= 4 is 21.6 Å². The molecule has 6 heteroatoms. The van der Waals surface area contributed by atoms with Crippen LogP contribution in [0, 0.1) is 17.2 Å². The summed E-state index contributed by atoms with van der Waals surface area (Å²) in [5, 5.41) is 8.93. The average Bonchev–Trinajstić information content (AvgIpc) is 2.27. The molecule has 1 N–H and O–H groups in total. The number of hydrogen-bond donors (Lipinski definition) is 1. The molecule has 0 aliphatic rings. The molecule has 0 aliphatic heterocycles. The van der Waals surface area contributed by atoms with E-state index in [9.17, 15) is 8.42 Å². The van der Waals surface area contributed by atoms with Gasteiger partial charge in [-0.1, -0.05) is 25.4 Å². The third-order valence-corrected chi connectivity index (χ3v) is 4.60. The molecule has 0 saturated carbocycles. The standard InChI is InChI=1S/C13H17ClN2O2S/c1-9(2)6-10(3)16-19(17,18)13-7-11(8-15)4-5-12(13)14/h4-5,7,9-10,16H,6H2,1-3H3. The normalized spacial score (nSPS) is 13.3. The largest absolute Gasteiger partial charge is 0.242 e. The van der Waals surface area contributed by atoms with Crippen LogP contribution < -0.4 is 4.72 Å². The Kier molecular flexibility index (Phi) is 5.36. The molecule has 0 heterocycles. The summed E-state index contributed by atoms with van der Waals surface area (Å²) in [6.45, 7) is 5.85. The second-order valence-electron chi connectivity index (χ2n) is 4.91. The molecule has 1 aromatic carbocycles. The fourth-order valence-corrected chi connectivity index (χ4v) is 3.64. The molecule has 0 aliphatic carbocycles. The first-order valence-electron chi connectivity index (χ1n) is 5.98. The van der Waals surface area contributed by atoms with Gasteiger partial charge in [-0.25, -0.2) is 13.1 Å². The zero-order valence-corrected chi connectivity index (χ0v) is 12.7. The van der Waals surface area contributed by atoms with E-state index >= 15 is 0 Å². The molecule has 0 radical (unpaired) electrons. The number of nitriles is 1. The number of rotatable bonds is 5. The monoisotopic (exact) mass is 300 g/mol. The quantitative estimate of drug-likeness (QED) is 0.909. The number of halogens is 1. The molecule has 0 fully saturated rings. The van der Waals surface area contributed by atoms with Crippen LogP contribution in [0.25, 0.3) is 0 Å². The van der Waals surface area contributed by atoms with Gasteiger partial charge in [0.2, 0.25) is 10.0 Å². The topological polar surface area (TPSA) is 70.0 Å². The zero-order chi connectivity index (χ0) is 14.6. The maximum absolute atomic E-state index is 12.2. The minimum Gasteiger partial charge on any atom is -0.208 e. The van der Waals surface area contributed by atoms with E-state index in [2.05, 4.69) is 4.72 Å². The first-order valence-corrected chi connectivity index (χ1v) is 7.84. The summed E-state index contributed by atoms with van der Waals surface area (Å²) in [4.78, 5) is -0.0520. The maximum atomic E-state index is 12.2. The summed E-state index contributed by atoms with van der Waals surface area (Å²) in [5.41, 5.74) is 0.265. The third-order valence-electron chi connectivity index (χ3n) is 2.53. The number of nitrogens with one attached hydrogen (secondary N) is 1. The van der Waals surface area contributed by atoms with Crippen molar-refractivity contribution < 1.29 is 8.42 Å². The van der Waals surface area contributed by atoms with E-state index in [0.29, 0.717) is 5.92 Å². The molecule has 1 rings (SSSR count). The summed E-state index contributed by atoms with van der Waals surface area (Å²) in [6.07, 6.45) is 0.731. The first kappa shape index (κ1) is 16.0. The number of hydrogen-bond acceptors (Lipinski definition) is 3. The highest BCUT2D eigenvalue weighted by Crippen LogP contribution is 2.23. The van der Waals surface area contributed by atoms with Gasteiger partial charge in [-0.2, -0.15) is 5.26 Å². The minimum absolute atomic E-state index is 0.0520. The Morgan fingerprint density at radius 2 is 2.00 bits per heavy atom. The first-order chi connectivity index (χ1) is 8.76. The van der Waals surface area contributed by atoms with Crippen molar-refractivity contribution in [2.75, 3.05) is 0 Å². The molecular formula is C13H17ClN2O2S. The van der Waals surface area contributed by atoms with Gasteiger partial charge in [-0.3, -0.25) is 0 Å². The highest BCUT2D eigenvalue weighted by molar-refractivity contribution is 7.89. The van der Waals surface area contributed by atoms with Gasteiger partial charge in [-0.15, -0.1) is 0 Å². The summed E-state index contributed by atoms with van der Waals surface area (Å²) >= 11 is 5.90. The fraction of sp³-hybridized carbons (Fsp3) is 0.462. The summed E-state index contributed by atoms with van der Waals surface area (Å²) < 4.78 is 27.0. The second kappa shape index (κ2) is 6.38. The van der Waals surface area contributed by atoms with Crippen LogP contribution in [-0.2, 0) is 10.0 Å². The Balaban J connectivity index is 3.04. The fourth-order valence-electron chi connectivity index (χ4n) is 1.86. The second-order valence-corrected chi connectivity index (χ2v) is 7.00. The van der Waals surface area contributed by atoms with E-state index < -0.39 is 10.0 Å². The van der Waals surface area contributed by atoms with E-state index in [0.717, 1.165) is 6.42 Å². The van der Waals surface area contributed by atoms with Crippen molar-refractivity contribution in [3.05, 3.63) is 28.8 Å². The highest BCUT2D eigenvalue weighted by Gasteiger charge is 2.21. The molecule has 104 valence electrons. The molecule has 1 atom stereocenters. The van der Waals surface area contributed by atoms with E-state index in [1.807, 2.05) is 19.9 Å². The molecule has 1 unspecified atom stereocenters. The van der Waals surface area contributed by atoms with Gasteiger partial charge in [0.05, 0.1) is 16.7 Å². The van der Waals surface area contributed by atoms with Gasteiger partial charge < -0.3 is 0 Å². The Morgan fingerprint density at radius 1 is 1.37 bits per heavy atom. The smallest absolute Gasteiger partial charge is 0.208 e. The van der Waals surface area contributed by atoms with Crippen LogP contribution in [0.1, 0.15) is 32.8 Å². The van der Waals surface area contributed by atoms with Crippen molar-refractivity contribution in [3.8, 4) is 6.07 Å². The van der Waals surface area contributed by atoms with Gasteiger partial charge in [-0.05, 0) is 37.5 Å². The van der Waals surface area contributed by atoms with Crippen LogP contribution in [0.5, 0.6) is 0 Å². The molecule has 0 saturated heterocycles. The van der Waals surface area contributed by atoms with Gasteiger partial charge in [0, 0.05) is 6.04 Å². The summed E-state index contributed by atoms with van der Waals surface area (Å²) in [6, 6.07) is 5.90. The Hall–Kier alpha value is -1.09. The lowest BCUT2D eigenvalue weighted by molar-refractivity contribution is 0.482. The average molecular weight is 301 g/mol. The lowest BCUT2D eigenvalue weighted by Gasteiger charge is -2.16. The lowest BCUT2D eigenvalue weighted by Crippen LogP contribution is -2.33. The molecule has 4 nitrogen and oxygen atoms in total. The minimum atomic E-state index is -3.70. The van der Waals surface area contributed by atoms with Crippen LogP contribution in [0.15, 0.2) is 23.1 Å². The van der Waals surface area contributed by atoms with E-state index in [-0.39, 0.29) is 21.5 Å². The number of sulfonamides is 1. The predicted octanol–water partition coefficient (Wildman–Crippen LogP) is 2.92. The SMILES string of the molecule is CC(C)CC(C)NS(=O)(=O)c1cc(C#N)ccc1Cl. The Morgan fingerprint density at radius 3 is 2.53 bits per heavy atom. The molecule has 1 aromatic rings. The molecule has 0 aromatic heterocycles. The molecule has 0 spiro atoms. The number of benzene rings is 1. The van der Waals surface area contributed by atoms with Crippen molar-refractivity contribution in [1.29, 1.82) is 5.26 Å². The van der Waals surface area contributed by atoms with Crippen molar-refractivity contribution in [3.63, 3.8) is 0 Å². The van der Waals surface area contributed by atoms with Gasteiger partial charge in [0.15, 0.2) is 0 Å². The van der Waals surface area contributed by atoms with Crippen molar-refractivity contribution in [2.24, 2.45) is 5.92 Å². The molecule has 19 heavy (non-hydrogen) atoms. The van der Waals surface area contributed by atoms with Crippen LogP contribution in [-0.4, -0.2) is 14.5 Å². The van der Waals surface area contributed by atoms with Crippen molar-refractivity contribution in [1.82, 2.24) is 4.72 Å². The molecule has 0 bridgehead atoms. The lowest BCUT2D eigenvalue weighted by atomic mass is 10.1. The molecular weight excluding hydrogens is 284 g/mol. The summed E-state index contributed by atoms with van der Waals surface area (Å²) in [5.74, 6) is 0.388. The Labute approximate surface area is 119 Å². The third kappa shape index (κ3) is 4.50. The highest BCUT2D eigenvalue weighted by atomic mass is 35.5. The van der Waals surface area contributed by atoms with Crippen LogP contribution >= 0.6 is 11.6 Å². The van der Waals surface area contributed by atoms with Crippen LogP contribution in [0.3, 0.4) is 0 Å². The van der Waals surface area contributed by atoms with Gasteiger partial charge in [0.1, 0.15) is 4.90 Å². The predicted molar refractivity (Wildman–Crippen MR) is 75.4 cm³/mol. The van der Waals surface area contributed by atoms with Gasteiger partial charge >= 0.3 is 0 Å². The maximum Gasteiger partial charge on any atom is 0.242 e. The zero-order valence-electron chi connectivity index (χ0n) is 11.1. The molecule has 0 amide bonds. The van der Waals surface area contributed by atoms with E-state index in [1.54, 1.807) is 6.92 Å². The number of nitrogens with zero attached hydrogens (tertiary/aromatic N) is 1. The Bertz CT molecular complexity index is 591.